The Morgan fingerprint density at radius 1 is 1.28 bits per heavy atom. The highest BCUT2D eigenvalue weighted by Crippen LogP contribution is 2.32. The van der Waals surface area contributed by atoms with Crippen LogP contribution in [-0.4, -0.2) is 36.9 Å². The van der Waals surface area contributed by atoms with Crippen LogP contribution in [0.4, 0.5) is 17.6 Å². The number of halogens is 4. The molecule has 190 valence electrons. The average molecular weight is 539 g/mol. The highest BCUT2D eigenvalue weighted by Gasteiger charge is 2.32. The third-order valence-electron chi connectivity index (χ3n) is 5.51. The van der Waals surface area contributed by atoms with Gasteiger partial charge in [0.05, 0.1) is 34.7 Å². The number of aromatic nitrogens is 3. The number of imidazole rings is 1. The van der Waals surface area contributed by atoms with Crippen LogP contribution in [0.25, 0.3) is 5.69 Å². The first-order chi connectivity index (χ1) is 17.2. The van der Waals surface area contributed by atoms with Gasteiger partial charge in [0.15, 0.2) is 6.17 Å². The number of hydrogen-bond donors (Lipinski definition) is 1. The highest BCUT2D eigenvalue weighted by molar-refractivity contribution is 7.91. The van der Waals surface area contributed by atoms with Crippen molar-refractivity contribution in [2.24, 2.45) is 0 Å². The van der Waals surface area contributed by atoms with Crippen LogP contribution in [0.2, 0.25) is 0 Å². The Bertz CT molecular complexity index is 1330. The van der Waals surface area contributed by atoms with Crippen LogP contribution in [0.15, 0.2) is 58.9 Å². The van der Waals surface area contributed by atoms with E-state index in [9.17, 15) is 26.9 Å². The number of carbonyl (C=O) groups excluding carboxylic acids is 1. The Balaban J connectivity index is 1.66. The lowest BCUT2D eigenvalue weighted by molar-refractivity contribution is 0.0944. The Labute approximate surface area is 212 Å². The van der Waals surface area contributed by atoms with Gasteiger partial charge in [-0.25, -0.2) is 27.1 Å². The first-order valence-corrected chi connectivity index (χ1v) is 13.2. The molecule has 1 N–H and O–H groups in total. The van der Waals surface area contributed by atoms with Crippen molar-refractivity contribution in [3.8, 4) is 5.69 Å². The van der Waals surface area contributed by atoms with Crippen LogP contribution in [0.5, 0.6) is 0 Å². The van der Waals surface area contributed by atoms with E-state index in [-0.39, 0.29) is 23.1 Å². The number of hydrogen-bond acceptors (Lipinski definition) is 5. The van der Waals surface area contributed by atoms with Crippen molar-refractivity contribution in [3.63, 3.8) is 0 Å². The van der Waals surface area contributed by atoms with Gasteiger partial charge >= 0.3 is 5.16 Å². The van der Waals surface area contributed by atoms with E-state index in [4.69, 9.17) is 0 Å². The lowest BCUT2D eigenvalue weighted by atomic mass is 10.0. The summed E-state index contributed by atoms with van der Waals surface area (Å²) >= 11 is -0.710. The predicted octanol–water partition coefficient (Wildman–Crippen LogP) is 5.20. The molecule has 2 unspecified atom stereocenters. The third kappa shape index (κ3) is 5.40. The molecule has 0 spiro atoms. The fourth-order valence-electron chi connectivity index (χ4n) is 3.74. The van der Waals surface area contributed by atoms with Crippen LogP contribution in [-0.2, 0) is 24.1 Å². The van der Waals surface area contributed by atoms with E-state index in [1.54, 1.807) is 0 Å². The molecule has 1 aliphatic rings. The van der Waals surface area contributed by atoms with Gasteiger partial charge in [0.1, 0.15) is 28.9 Å². The zero-order valence-electron chi connectivity index (χ0n) is 19.4. The summed E-state index contributed by atoms with van der Waals surface area (Å²) in [6.45, 7) is 4.03. The van der Waals surface area contributed by atoms with Crippen LogP contribution in [0.1, 0.15) is 39.4 Å². The normalized spacial score (nSPS) is 16.8. The van der Waals surface area contributed by atoms with Crippen molar-refractivity contribution in [3.05, 3.63) is 80.9 Å². The molecule has 0 radical (unpaired) electrons. The maximum atomic E-state index is 14.2. The number of nitrogens with zero attached hydrogens (tertiary/aromatic N) is 3. The molecule has 0 saturated carbocycles. The number of aryl methyl sites for hydroxylation is 2. The maximum Gasteiger partial charge on any atom is 0.328 e. The number of rotatable bonds is 8. The van der Waals surface area contributed by atoms with Gasteiger partial charge in [-0.1, -0.05) is 6.92 Å². The van der Waals surface area contributed by atoms with E-state index in [2.05, 4.69) is 15.3 Å². The van der Waals surface area contributed by atoms with E-state index in [0.29, 0.717) is 6.42 Å². The lowest BCUT2D eigenvalue weighted by Crippen LogP contribution is -2.26. The van der Waals surface area contributed by atoms with Crippen LogP contribution >= 0.6 is 11.3 Å². The van der Waals surface area contributed by atoms with E-state index in [1.807, 2.05) is 13.8 Å². The summed E-state index contributed by atoms with van der Waals surface area (Å²) in [6, 6.07) is 5.01. The molecule has 36 heavy (non-hydrogen) atoms. The molecule has 0 bridgehead atoms. The van der Waals surface area contributed by atoms with Gasteiger partial charge in [0.2, 0.25) is 0 Å². The maximum absolute atomic E-state index is 14.2. The summed E-state index contributed by atoms with van der Waals surface area (Å²) in [5.41, 5.74) is 0.486. The summed E-state index contributed by atoms with van der Waals surface area (Å²) in [6.07, 6.45) is 0.320. The van der Waals surface area contributed by atoms with Crippen LogP contribution < -0.4 is 5.32 Å². The average Bonchev–Trinajstić information content (AvgIpc) is 3.46. The van der Waals surface area contributed by atoms with Crippen molar-refractivity contribution in [1.29, 1.82) is 0 Å². The molecular weight excluding hydrogens is 516 g/mol. The van der Waals surface area contributed by atoms with Gasteiger partial charge in [-0.3, -0.25) is 4.79 Å². The van der Waals surface area contributed by atoms with Gasteiger partial charge in [-0.2, -0.15) is 4.98 Å². The van der Waals surface area contributed by atoms with E-state index in [1.165, 1.54) is 34.2 Å². The molecule has 2 aromatic heterocycles. The number of alkyl halides is 1. The minimum atomic E-state index is -2.17. The minimum Gasteiger partial charge on any atom is -0.609 e. The molecular formula is C24H22F4N4O2S2. The van der Waals surface area contributed by atoms with E-state index < -0.39 is 58.5 Å². The summed E-state index contributed by atoms with van der Waals surface area (Å²) in [5.74, 6) is -4.07. The molecule has 12 heteroatoms. The monoisotopic (exact) mass is 538 g/mol. The lowest BCUT2D eigenvalue weighted by Gasteiger charge is -2.18. The minimum absolute atomic E-state index is 0.0123. The molecule has 0 fully saturated rings. The summed E-state index contributed by atoms with van der Waals surface area (Å²) < 4.78 is 70.2. The molecule has 1 aromatic carbocycles. The SMILES string of the molecule is CCc1nc(C)sc1CNC(=O)c1cnc([S+]([O-])CC2=C(F)C(F)CC=C2F)n1-c1ccc(F)cc1. The van der Waals surface area contributed by atoms with E-state index in [0.717, 1.165) is 33.8 Å². The second kappa shape index (κ2) is 11.0. The van der Waals surface area contributed by atoms with Gasteiger partial charge in [-0.05, 0) is 43.7 Å². The molecule has 0 aliphatic heterocycles. The number of allylic oxidation sites excluding steroid dienone is 3. The zero-order chi connectivity index (χ0) is 26.0. The molecule has 2 heterocycles. The molecule has 6 nitrogen and oxygen atoms in total. The Morgan fingerprint density at radius 3 is 2.69 bits per heavy atom. The van der Waals surface area contributed by atoms with Gasteiger partial charge < -0.3 is 9.87 Å². The quantitative estimate of drug-likeness (QED) is 0.316. The van der Waals surface area contributed by atoms with Gasteiger partial charge in [0.25, 0.3) is 5.91 Å². The Kier molecular flexibility index (Phi) is 7.96. The van der Waals surface area contributed by atoms with Crippen LogP contribution in [0.3, 0.4) is 0 Å². The number of nitrogens with one attached hydrogen (secondary N) is 1. The fraction of sp³-hybridized carbons (Fsp3) is 0.292. The molecule has 1 amide bonds. The topological polar surface area (TPSA) is 82.9 Å². The summed E-state index contributed by atoms with van der Waals surface area (Å²) in [5, 5.41) is 3.46. The molecule has 4 rings (SSSR count). The number of amides is 1. The Hall–Kier alpha value is -2.96. The van der Waals surface area contributed by atoms with Crippen molar-refractivity contribution in [1.82, 2.24) is 19.9 Å². The number of thiazole rings is 1. The molecule has 0 saturated heterocycles. The second-order valence-electron chi connectivity index (χ2n) is 7.95. The standard InChI is InChI=1S/C24H22F4N4O2S2/c1-3-19-21(35-13(2)31-19)11-29-23(33)20-10-30-24(32(20)15-6-4-14(25)5-7-15)36(34)12-16-17(26)8-9-18(27)22(16)28/h4-8,10,18H,3,9,11-12H2,1-2H3,(H,29,33). The van der Waals surface area contributed by atoms with Crippen molar-refractivity contribution < 1.29 is 26.9 Å². The van der Waals surface area contributed by atoms with Crippen LogP contribution in [0, 0.1) is 12.7 Å². The molecule has 1 aliphatic carbocycles. The van der Waals surface area contributed by atoms with Crippen molar-refractivity contribution >= 4 is 28.4 Å². The molecule has 2 atom stereocenters. The first kappa shape index (κ1) is 26.1. The van der Waals surface area contributed by atoms with Crippen molar-refractivity contribution in [2.75, 3.05) is 5.75 Å². The smallest absolute Gasteiger partial charge is 0.328 e. The predicted molar refractivity (Wildman–Crippen MR) is 129 cm³/mol. The highest BCUT2D eigenvalue weighted by atomic mass is 32.2. The molecule has 3 aromatic rings. The van der Waals surface area contributed by atoms with Crippen molar-refractivity contribution in [2.45, 2.75) is 44.6 Å². The summed E-state index contributed by atoms with van der Waals surface area (Å²) in [4.78, 5) is 22.5. The third-order valence-corrected chi connectivity index (χ3v) is 7.77. The van der Waals surface area contributed by atoms with Gasteiger partial charge in [0, 0.05) is 22.5 Å². The Morgan fingerprint density at radius 2 is 2.00 bits per heavy atom. The number of benzene rings is 1. The fourth-order valence-corrected chi connectivity index (χ4v) is 5.95. The first-order valence-electron chi connectivity index (χ1n) is 11.0. The van der Waals surface area contributed by atoms with E-state index >= 15 is 0 Å². The van der Waals surface area contributed by atoms with Gasteiger partial charge in [-0.15, -0.1) is 11.3 Å². The largest absolute Gasteiger partial charge is 0.609 e. The summed E-state index contributed by atoms with van der Waals surface area (Å²) in [7, 11) is 0. The number of carbonyl (C=O) groups is 1. The zero-order valence-corrected chi connectivity index (χ0v) is 21.0. The second-order valence-corrected chi connectivity index (χ2v) is 10.6.